The number of rotatable bonds is 3. The third-order valence-electron chi connectivity index (χ3n) is 3.46. The summed E-state index contributed by atoms with van der Waals surface area (Å²) < 4.78 is 5.08. The molecular weight excluding hydrogens is 286 g/mol. The van der Waals surface area contributed by atoms with Crippen LogP contribution in [0, 0.1) is 10.1 Å². The summed E-state index contributed by atoms with van der Waals surface area (Å²) >= 11 is 0. The van der Waals surface area contributed by atoms with E-state index in [4.69, 9.17) is 9.84 Å². The molecule has 0 aromatic heterocycles. The Balaban J connectivity index is 2.37. The first-order chi connectivity index (χ1) is 9.81. The number of hydrogen-bond acceptors (Lipinski definition) is 8. The zero-order chi connectivity index (χ0) is 15.8. The summed E-state index contributed by atoms with van der Waals surface area (Å²) in [6.45, 7) is -0.694. The fourth-order valence-corrected chi connectivity index (χ4v) is 2.21. The molecule has 0 radical (unpaired) electrons. The second kappa shape index (κ2) is 5.64. The Morgan fingerprint density at radius 1 is 1.19 bits per heavy atom. The van der Waals surface area contributed by atoms with Crippen LogP contribution in [-0.2, 0) is 10.5 Å². The molecule has 5 N–H and O–H groups in total. The van der Waals surface area contributed by atoms with Crippen molar-refractivity contribution in [1.29, 1.82) is 0 Å². The number of aliphatic hydroxyl groups excluding tert-OH is 4. The van der Waals surface area contributed by atoms with E-state index in [0.717, 1.165) is 24.3 Å². The minimum absolute atomic E-state index is 0.0509. The highest BCUT2D eigenvalue weighted by Gasteiger charge is 2.53. The average molecular weight is 301 g/mol. The minimum atomic E-state index is -2.40. The first-order valence-electron chi connectivity index (χ1n) is 6.11. The first-order valence-corrected chi connectivity index (χ1v) is 6.11. The minimum Gasteiger partial charge on any atom is -0.394 e. The van der Waals surface area contributed by atoms with Crippen molar-refractivity contribution in [3.63, 3.8) is 0 Å². The van der Waals surface area contributed by atoms with Gasteiger partial charge in [0.25, 0.3) is 5.69 Å². The van der Waals surface area contributed by atoms with Gasteiger partial charge in [-0.15, -0.1) is 0 Å². The fourth-order valence-electron chi connectivity index (χ4n) is 2.21. The number of benzene rings is 1. The van der Waals surface area contributed by atoms with E-state index in [-0.39, 0.29) is 11.3 Å². The van der Waals surface area contributed by atoms with Gasteiger partial charge in [0.1, 0.15) is 24.4 Å². The predicted octanol–water partition coefficient (Wildman–Crippen LogP) is -1.79. The van der Waals surface area contributed by atoms with Crippen LogP contribution in [-0.4, -0.2) is 61.5 Å². The second-order valence-electron chi connectivity index (χ2n) is 4.77. The fraction of sp³-hybridized carbons (Fsp3) is 0.500. The lowest BCUT2D eigenvalue weighted by Crippen LogP contribution is -2.63. The molecule has 0 bridgehead atoms. The van der Waals surface area contributed by atoms with E-state index >= 15 is 0 Å². The third-order valence-corrected chi connectivity index (χ3v) is 3.46. The van der Waals surface area contributed by atoms with Gasteiger partial charge in [0, 0.05) is 17.7 Å². The van der Waals surface area contributed by atoms with Crippen LogP contribution in [0.25, 0.3) is 0 Å². The smallest absolute Gasteiger partial charge is 0.269 e. The van der Waals surface area contributed by atoms with Gasteiger partial charge in [-0.2, -0.15) is 0 Å². The third kappa shape index (κ3) is 2.62. The van der Waals surface area contributed by atoms with Gasteiger partial charge in [-0.1, -0.05) is 0 Å². The van der Waals surface area contributed by atoms with Crippen LogP contribution in [0.15, 0.2) is 24.3 Å². The van der Waals surface area contributed by atoms with Crippen LogP contribution in [0.1, 0.15) is 5.56 Å². The van der Waals surface area contributed by atoms with E-state index in [1.807, 2.05) is 0 Å². The Labute approximate surface area is 118 Å². The Bertz CT molecular complexity index is 518. The molecule has 1 aromatic rings. The molecule has 0 spiro atoms. The van der Waals surface area contributed by atoms with E-state index in [2.05, 4.69) is 0 Å². The topological polar surface area (TPSA) is 154 Å². The van der Waals surface area contributed by atoms with Gasteiger partial charge in [-0.25, -0.2) is 0 Å². The molecule has 1 aromatic carbocycles. The number of hydrogen-bond donors (Lipinski definition) is 5. The maximum Gasteiger partial charge on any atom is 0.269 e. The van der Waals surface area contributed by atoms with Crippen LogP contribution in [0.2, 0.25) is 0 Å². The summed E-state index contributed by atoms with van der Waals surface area (Å²) in [7, 11) is 0. The molecule has 9 nitrogen and oxygen atoms in total. The Morgan fingerprint density at radius 2 is 1.76 bits per heavy atom. The van der Waals surface area contributed by atoms with Crippen molar-refractivity contribution in [2.24, 2.45) is 0 Å². The molecule has 21 heavy (non-hydrogen) atoms. The van der Waals surface area contributed by atoms with Crippen molar-refractivity contribution < 1.29 is 35.2 Å². The zero-order valence-corrected chi connectivity index (χ0v) is 10.7. The van der Waals surface area contributed by atoms with Gasteiger partial charge in [-0.05, 0) is 12.1 Å². The Hall–Kier alpha value is -1.62. The molecule has 1 saturated heterocycles. The van der Waals surface area contributed by atoms with E-state index in [1.165, 1.54) is 0 Å². The van der Waals surface area contributed by atoms with E-state index in [0.29, 0.717) is 0 Å². The Morgan fingerprint density at radius 3 is 2.24 bits per heavy atom. The number of nitrogens with zero attached hydrogens (tertiary/aromatic N) is 1. The quantitative estimate of drug-likeness (QED) is 0.324. The highest BCUT2D eigenvalue weighted by Crippen LogP contribution is 2.36. The lowest BCUT2D eigenvalue weighted by Gasteiger charge is -2.45. The van der Waals surface area contributed by atoms with E-state index in [1.54, 1.807) is 0 Å². The summed E-state index contributed by atoms with van der Waals surface area (Å²) in [5, 5.41) is 59.3. The maximum absolute atomic E-state index is 10.6. The molecule has 1 heterocycles. The summed E-state index contributed by atoms with van der Waals surface area (Å²) in [6, 6.07) is 4.49. The number of ether oxygens (including phenoxy) is 1. The molecule has 2 rings (SSSR count). The molecule has 1 aliphatic rings. The van der Waals surface area contributed by atoms with Gasteiger partial charge in [0.15, 0.2) is 0 Å². The standard InChI is InChI=1S/C12H15NO8/c14-5-8-9(15)10(16)11(17)12(18,21-8)6-1-3-7(4-2-6)13(19)20/h1-4,8-11,14-18H,5H2/t8-,9-,10+,11-,12+/m1/s1. The van der Waals surface area contributed by atoms with Crippen LogP contribution in [0.3, 0.4) is 0 Å². The number of nitro benzene ring substituents is 1. The highest BCUT2D eigenvalue weighted by atomic mass is 16.7. The molecule has 5 atom stereocenters. The molecule has 0 saturated carbocycles. The molecule has 0 aliphatic carbocycles. The monoisotopic (exact) mass is 301 g/mol. The number of aliphatic hydroxyl groups is 5. The van der Waals surface area contributed by atoms with Crippen LogP contribution in [0.4, 0.5) is 5.69 Å². The van der Waals surface area contributed by atoms with Crippen molar-refractivity contribution in [1.82, 2.24) is 0 Å². The largest absolute Gasteiger partial charge is 0.394 e. The van der Waals surface area contributed by atoms with Gasteiger partial charge < -0.3 is 30.3 Å². The van der Waals surface area contributed by atoms with E-state index < -0.39 is 41.7 Å². The van der Waals surface area contributed by atoms with Gasteiger partial charge in [0.2, 0.25) is 5.79 Å². The lowest BCUT2D eigenvalue weighted by atomic mass is 9.88. The summed E-state index contributed by atoms with van der Waals surface area (Å²) in [5.41, 5.74) is -0.281. The molecule has 1 aliphatic heterocycles. The van der Waals surface area contributed by atoms with Crippen molar-refractivity contribution in [2.75, 3.05) is 6.61 Å². The number of non-ortho nitro benzene ring substituents is 1. The predicted molar refractivity (Wildman–Crippen MR) is 67.0 cm³/mol. The second-order valence-corrected chi connectivity index (χ2v) is 4.77. The summed E-state index contributed by atoms with van der Waals surface area (Å²) in [5.74, 6) is -2.40. The van der Waals surface area contributed by atoms with Crippen LogP contribution >= 0.6 is 0 Å². The molecule has 116 valence electrons. The average Bonchev–Trinajstić information content (AvgIpc) is 2.49. The molecule has 0 amide bonds. The SMILES string of the molecule is O=[N+]([O-])c1ccc([C@]2(O)O[C@H](CO)[C@@H](O)[C@H](O)[C@H]2O)cc1. The normalized spacial score (nSPS) is 36.4. The Kier molecular flexibility index (Phi) is 4.23. The zero-order valence-electron chi connectivity index (χ0n) is 10.7. The van der Waals surface area contributed by atoms with E-state index in [9.17, 15) is 30.5 Å². The van der Waals surface area contributed by atoms with Crippen LogP contribution < -0.4 is 0 Å². The first kappa shape index (κ1) is 15.8. The summed E-state index contributed by atoms with van der Waals surface area (Å²) in [6.07, 6.45) is -6.54. The van der Waals surface area contributed by atoms with Gasteiger partial charge in [-0.3, -0.25) is 10.1 Å². The molecule has 9 heteroatoms. The lowest BCUT2D eigenvalue weighted by molar-refractivity contribution is -0.385. The van der Waals surface area contributed by atoms with Crippen molar-refractivity contribution >= 4 is 5.69 Å². The van der Waals surface area contributed by atoms with Crippen molar-refractivity contribution in [2.45, 2.75) is 30.2 Å². The number of nitro groups is 1. The highest BCUT2D eigenvalue weighted by molar-refractivity contribution is 5.35. The molecule has 1 fully saturated rings. The van der Waals surface area contributed by atoms with Crippen LogP contribution in [0.5, 0.6) is 0 Å². The van der Waals surface area contributed by atoms with Crippen molar-refractivity contribution in [3.05, 3.63) is 39.9 Å². The molecule has 0 unspecified atom stereocenters. The van der Waals surface area contributed by atoms with Gasteiger partial charge in [0.05, 0.1) is 11.5 Å². The van der Waals surface area contributed by atoms with Gasteiger partial charge >= 0.3 is 0 Å². The summed E-state index contributed by atoms with van der Waals surface area (Å²) in [4.78, 5) is 9.94. The van der Waals surface area contributed by atoms with Crippen molar-refractivity contribution in [3.8, 4) is 0 Å². The molecular formula is C12H15NO8. The maximum atomic E-state index is 10.6.